The van der Waals surface area contributed by atoms with Gasteiger partial charge in [0.2, 0.25) is 0 Å². The Kier molecular flexibility index (Phi) is 4.07. The van der Waals surface area contributed by atoms with Crippen LogP contribution in [0.1, 0.15) is 5.56 Å². The summed E-state index contributed by atoms with van der Waals surface area (Å²) in [7, 11) is -1.88. The highest BCUT2D eigenvalue weighted by molar-refractivity contribution is 7.91. The molecular weight excluding hydrogens is 290 g/mol. The first-order chi connectivity index (χ1) is 8.50. The van der Waals surface area contributed by atoms with E-state index < -0.39 is 10.0 Å². The Morgan fingerprint density at radius 2 is 1.83 bits per heavy atom. The highest BCUT2D eigenvalue weighted by atomic mass is 35.5. The SMILES string of the molecule is CN(Cc1ccccc1)S(=O)(=O)c1ccc(Cl)s1. The molecule has 0 fully saturated rings. The Balaban J connectivity index is 2.21. The van der Waals surface area contributed by atoms with E-state index in [9.17, 15) is 8.42 Å². The number of nitrogens with zero attached hydrogens (tertiary/aromatic N) is 1. The van der Waals surface area contributed by atoms with Gasteiger partial charge in [-0.2, -0.15) is 4.31 Å². The van der Waals surface area contributed by atoms with Crippen LogP contribution in [0, 0.1) is 0 Å². The first kappa shape index (κ1) is 13.5. The van der Waals surface area contributed by atoms with E-state index in [2.05, 4.69) is 0 Å². The van der Waals surface area contributed by atoms with E-state index in [1.165, 1.54) is 10.4 Å². The molecule has 0 radical (unpaired) electrons. The summed E-state index contributed by atoms with van der Waals surface area (Å²) in [6.45, 7) is 0.346. The van der Waals surface area contributed by atoms with Gasteiger partial charge in [0.15, 0.2) is 0 Å². The number of benzene rings is 1. The Bertz CT molecular complexity index is 623. The van der Waals surface area contributed by atoms with Crippen LogP contribution in [-0.2, 0) is 16.6 Å². The Labute approximate surface area is 116 Å². The minimum Gasteiger partial charge on any atom is -0.206 e. The van der Waals surface area contributed by atoms with Gasteiger partial charge < -0.3 is 0 Å². The second-order valence-corrected chi connectivity index (χ2v) is 7.79. The van der Waals surface area contributed by atoms with Crippen molar-refractivity contribution in [3.8, 4) is 0 Å². The van der Waals surface area contributed by atoms with Crippen LogP contribution in [0.5, 0.6) is 0 Å². The molecule has 3 nitrogen and oxygen atoms in total. The third-order valence-corrected chi connectivity index (χ3v) is 5.96. The van der Waals surface area contributed by atoms with Gasteiger partial charge in [0.05, 0.1) is 4.34 Å². The van der Waals surface area contributed by atoms with Gasteiger partial charge in [0.1, 0.15) is 4.21 Å². The first-order valence-electron chi connectivity index (χ1n) is 5.26. The molecule has 0 unspecified atom stereocenters. The average molecular weight is 302 g/mol. The third kappa shape index (κ3) is 2.92. The van der Waals surface area contributed by atoms with Crippen LogP contribution in [0.2, 0.25) is 4.34 Å². The van der Waals surface area contributed by atoms with Crippen LogP contribution in [0.25, 0.3) is 0 Å². The lowest BCUT2D eigenvalue weighted by Crippen LogP contribution is -2.25. The predicted octanol–water partition coefficient (Wildman–Crippen LogP) is 3.22. The van der Waals surface area contributed by atoms with Crippen LogP contribution < -0.4 is 0 Å². The van der Waals surface area contributed by atoms with E-state index in [-0.39, 0.29) is 4.21 Å². The van der Waals surface area contributed by atoms with Gasteiger partial charge in [-0.25, -0.2) is 8.42 Å². The molecule has 2 rings (SSSR count). The standard InChI is InChI=1S/C12H12ClNO2S2/c1-14(9-10-5-3-2-4-6-10)18(15,16)12-8-7-11(13)17-12/h2-8H,9H2,1H3. The zero-order chi connectivity index (χ0) is 13.2. The lowest BCUT2D eigenvalue weighted by Gasteiger charge is -2.15. The Morgan fingerprint density at radius 1 is 1.17 bits per heavy atom. The van der Waals surface area contributed by atoms with Crippen LogP contribution in [0.15, 0.2) is 46.7 Å². The number of halogens is 1. The molecule has 0 aliphatic heterocycles. The summed E-state index contributed by atoms with van der Waals surface area (Å²) >= 11 is 6.84. The molecule has 1 aromatic carbocycles. The van der Waals surface area contributed by atoms with E-state index in [1.807, 2.05) is 30.3 Å². The van der Waals surface area contributed by atoms with E-state index in [0.717, 1.165) is 16.9 Å². The Morgan fingerprint density at radius 3 is 2.39 bits per heavy atom. The van der Waals surface area contributed by atoms with Gasteiger partial charge in [0, 0.05) is 13.6 Å². The molecule has 2 aromatic rings. The molecule has 18 heavy (non-hydrogen) atoms. The molecule has 0 bridgehead atoms. The summed E-state index contributed by atoms with van der Waals surface area (Å²) in [4.78, 5) is 0. The van der Waals surface area contributed by atoms with E-state index >= 15 is 0 Å². The minimum absolute atomic E-state index is 0.269. The molecule has 0 aliphatic carbocycles. The molecule has 0 spiro atoms. The van der Waals surface area contributed by atoms with Crippen molar-refractivity contribution in [3.63, 3.8) is 0 Å². The van der Waals surface area contributed by atoms with Gasteiger partial charge >= 0.3 is 0 Å². The van der Waals surface area contributed by atoms with Crippen LogP contribution in [0.4, 0.5) is 0 Å². The summed E-state index contributed by atoms with van der Waals surface area (Å²) in [5.74, 6) is 0. The van der Waals surface area contributed by atoms with E-state index in [1.54, 1.807) is 13.1 Å². The van der Waals surface area contributed by atoms with Crippen molar-refractivity contribution in [2.45, 2.75) is 10.8 Å². The zero-order valence-electron chi connectivity index (χ0n) is 9.71. The second-order valence-electron chi connectivity index (χ2n) is 3.81. The number of hydrogen-bond donors (Lipinski definition) is 0. The van der Waals surface area contributed by atoms with Crippen molar-refractivity contribution >= 4 is 33.0 Å². The van der Waals surface area contributed by atoms with Gasteiger partial charge in [-0.05, 0) is 17.7 Å². The lowest BCUT2D eigenvalue weighted by atomic mass is 10.2. The number of rotatable bonds is 4. The maximum atomic E-state index is 12.2. The highest BCUT2D eigenvalue weighted by Crippen LogP contribution is 2.28. The third-order valence-electron chi connectivity index (χ3n) is 2.46. The molecule has 6 heteroatoms. The van der Waals surface area contributed by atoms with Gasteiger partial charge in [0.25, 0.3) is 10.0 Å². The summed E-state index contributed by atoms with van der Waals surface area (Å²) in [6, 6.07) is 12.6. The van der Waals surface area contributed by atoms with Crippen LogP contribution in [-0.4, -0.2) is 19.8 Å². The summed E-state index contributed by atoms with van der Waals surface area (Å²) in [5, 5.41) is 0. The molecule has 0 saturated carbocycles. The first-order valence-corrected chi connectivity index (χ1v) is 7.89. The van der Waals surface area contributed by atoms with Crippen LogP contribution >= 0.6 is 22.9 Å². The highest BCUT2D eigenvalue weighted by Gasteiger charge is 2.22. The molecule has 1 heterocycles. The van der Waals surface area contributed by atoms with E-state index in [0.29, 0.717) is 10.9 Å². The quantitative estimate of drug-likeness (QED) is 0.869. The van der Waals surface area contributed by atoms with Gasteiger partial charge in [-0.3, -0.25) is 0 Å². The smallest absolute Gasteiger partial charge is 0.206 e. The number of hydrogen-bond acceptors (Lipinski definition) is 3. The molecule has 0 amide bonds. The van der Waals surface area contributed by atoms with E-state index in [4.69, 9.17) is 11.6 Å². The largest absolute Gasteiger partial charge is 0.252 e. The summed E-state index contributed by atoms with van der Waals surface area (Å²) in [6.07, 6.45) is 0. The molecule has 96 valence electrons. The number of thiophene rings is 1. The topological polar surface area (TPSA) is 37.4 Å². The van der Waals surface area contributed by atoms with Gasteiger partial charge in [-0.1, -0.05) is 41.9 Å². The fourth-order valence-corrected chi connectivity index (χ4v) is 4.37. The maximum Gasteiger partial charge on any atom is 0.252 e. The monoisotopic (exact) mass is 301 g/mol. The molecule has 1 aromatic heterocycles. The van der Waals surface area contributed by atoms with Crippen molar-refractivity contribution < 1.29 is 8.42 Å². The molecular formula is C12H12ClNO2S2. The second kappa shape index (κ2) is 5.40. The predicted molar refractivity (Wildman–Crippen MR) is 74.4 cm³/mol. The van der Waals surface area contributed by atoms with Crippen LogP contribution in [0.3, 0.4) is 0 Å². The normalized spacial score (nSPS) is 11.9. The summed E-state index contributed by atoms with van der Waals surface area (Å²) in [5.41, 5.74) is 0.950. The minimum atomic E-state index is -3.45. The van der Waals surface area contributed by atoms with Crippen molar-refractivity contribution in [1.82, 2.24) is 4.31 Å². The van der Waals surface area contributed by atoms with Crippen molar-refractivity contribution in [3.05, 3.63) is 52.4 Å². The number of sulfonamides is 1. The van der Waals surface area contributed by atoms with Gasteiger partial charge in [-0.15, -0.1) is 11.3 Å². The molecule has 0 saturated heterocycles. The molecule has 0 aliphatic rings. The molecule has 0 atom stereocenters. The van der Waals surface area contributed by atoms with Crippen molar-refractivity contribution in [2.24, 2.45) is 0 Å². The fraction of sp³-hybridized carbons (Fsp3) is 0.167. The maximum absolute atomic E-state index is 12.2. The lowest BCUT2D eigenvalue weighted by molar-refractivity contribution is 0.468. The summed E-state index contributed by atoms with van der Waals surface area (Å²) < 4.78 is 26.5. The van der Waals surface area contributed by atoms with Crippen molar-refractivity contribution in [2.75, 3.05) is 7.05 Å². The van der Waals surface area contributed by atoms with Crippen molar-refractivity contribution in [1.29, 1.82) is 0 Å². The molecule has 0 N–H and O–H groups in total. The average Bonchev–Trinajstić information content (AvgIpc) is 2.78. The fourth-order valence-electron chi connectivity index (χ4n) is 1.52. The Hall–Kier alpha value is -0.880. The zero-order valence-corrected chi connectivity index (χ0v) is 12.1.